The van der Waals surface area contributed by atoms with Gasteiger partial charge in [-0.1, -0.05) is 5.11 Å². The van der Waals surface area contributed by atoms with Crippen molar-refractivity contribution in [3.8, 4) is 0 Å². The molecule has 0 aromatic heterocycles. The zero-order valence-electron chi connectivity index (χ0n) is 9.61. The molecule has 1 aliphatic rings. The molecule has 1 atom stereocenters. The standard InChI is InChI=1S/C11H9F3N4O/c12-11(13,14)7-2-4-8-6(5-7)1-3-9(17-18-15)10(19)16-8/h2,4-5,9H,1,3H2,(H,16,19). The predicted octanol–water partition coefficient (Wildman–Crippen LogP) is 3.27. The van der Waals surface area contributed by atoms with E-state index in [0.29, 0.717) is 11.3 Å². The number of hydrogen-bond acceptors (Lipinski definition) is 2. The molecular formula is C11H9F3N4O. The van der Waals surface area contributed by atoms with E-state index in [-0.39, 0.29) is 12.8 Å². The molecule has 0 fully saturated rings. The number of hydrogen-bond donors (Lipinski definition) is 1. The van der Waals surface area contributed by atoms with E-state index in [0.717, 1.165) is 12.1 Å². The number of aryl methyl sites for hydroxylation is 1. The van der Waals surface area contributed by atoms with E-state index in [9.17, 15) is 18.0 Å². The van der Waals surface area contributed by atoms with Crippen molar-refractivity contribution in [3.05, 3.63) is 39.8 Å². The minimum atomic E-state index is -4.42. The summed E-state index contributed by atoms with van der Waals surface area (Å²) in [6.07, 6.45) is -4.00. The van der Waals surface area contributed by atoms with Crippen molar-refractivity contribution in [1.29, 1.82) is 0 Å². The van der Waals surface area contributed by atoms with Crippen LogP contribution in [0.1, 0.15) is 17.5 Å². The van der Waals surface area contributed by atoms with Crippen molar-refractivity contribution in [2.45, 2.75) is 25.1 Å². The summed E-state index contributed by atoms with van der Waals surface area (Å²) in [4.78, 5) is 14.2. The molecule has 19 heavy (non-hydrogen) atoms. The molecule has 0 saturated heterocycles. The largest absolute Gasteiger partial charge is 0.416 e. The Morgan fingerprint density at radius 2 is 2.16 bits per heavy atom. The van der Waals surface area contributed by atoms with Crippen molar-refractivity contribution in [2.75, 3.05) is 5.32 Å². The third-order valence-corrected chi connectivity index (χ3v) is 2.87. The molecule has 0 spiro atoms. The van der Waals surface area contributed by atoms with Gasteiger partial charge in [0.25, 0.3) is 0 Å². The lowest BCUT2D eigenvalue weighted by atomic mass is 10.0. The lowest BCUT2D eigenvalue weighted by Gasteiger charge is -2.11. The molecule has 0 aliphatic carbocycles. The van der Waals surface area contributed by atoms with Gasteiger partial charge in [0.1, 0.15) is 6.04 Å². The van der Waals surface area contributed by atoms with Gasteiger partial charge in [-0.25, -0.2) is 0 Å². The van der Waals surface area contributed by atoms with Crippen LogP contribution in [0.25, 0.3) is 10.4 Å². The molecule has 5 nitrogen and oxygen atoms in total. The molecule has 0 saturated carbocycles. The molecule has 0 radical (unpaired) electrons. The summed E-state index contributed by atoms with van der Waals surface area (Å²) >= 11 is 0. The number of azide groups is 1. The Hall–Kier alpha value is -2.21. The molecule has 100 valence electrons. The first-order chi connectivity index (χ1) is 8.91. The van der Waals surface area contributed by atoms with Gasteiger partial charge in [-0.05, 0) is 42.1 Å². The molecule has 2 rings (SSSR count). The molecule has 1 amide bonds. The zero-order chi connectivity index (χ0) is 14.0. The monoisotopic (exact) mass is 270 g/mol. The van der Waals surface area contributed by atoms with Gasteiger partial charge in [-0.15, -0.1) is 0 Å². The lowest BCUT2D eigenvalue weighted by molar-refractivity contribution is -0.137. The lowest BCUT2D eigenvalue weighted by Crippen LogP contribution is -2.24. The number of carbonyl (C=O) groups is 1. The minimum absolute atomic E-state index is 0.185. The van der Waals surface area contributed by atoms with Gasteiger partial charge in [0.2, 0.25) is 5.91 Å². The summed E-state index contributed by atoms with van der Waals surface area (Å²) in [6, 6.07) is 2.24. The van der Waals surface area contributed by atoms with Crippen LogP contribution in [0, 0.1) is 0 Å². The molecule has 1 N–H and O–H groups in total. The topological polar surface area (TPSA) is 77.9 Å². The highest BCUT2D eigenvalue weighted by Gasteiger charge is 2.32. The van der Waals surface area contributed by atoms with Crippen LogP contribution in [0.2, 0.25) is 0 Å². The van der Waals surface area contributed by atoms with E-state index in [4.69, 9.17) is 5.53 Å². The van der Waals surface area contributed by atoms with Crippen LogP contribution >= 0.6 is 0 Å². The van der Waals surface area contributed by atoms with Gasteiger partial charge in [0.05, 0.1) is 5.56 Å². The quantitative estimate of drug-likeness (QED) is 0.474. The number of halogens is 3. The van der Waals surface area contributed by atoms with Crippen LogP contribution in [0.3, 0.4) is 0 Å². The third-order valence-electron chi connectivity index (χ3n) is 2.87. The minimum Gasteiger partial charge on any atom is -0.325 e. The molecular weight excluding hydrogens is 261 g/mol. The fourth-order valence-electron chi connectivity index (χ4n) is 1.91. The SMILES string of the molecule is [N-]=[N+]=NC1CCc2cc(C(F)(F)F)ccc2NC1=O. The zero-order valence-corrected chi connectivity index (χ0v) is 9.61. The number of anilines is 1. The maximum atomic E-state index is 12.6. The van der Waals surface area contributed by atoms with E-state index in [2.05, 4.69) is 15.3 Å². The van der Waals surface area contributed by atoms with Crippen LogP contribution < -0.4 is 5.32 Å². The van der Waals surface area contributed by atoms with Gasteiger partial charge < -0.3 is 5.32 Å². The molecule has 1 aromatic carbocycles. The predicted molar refractivity (Wildman–Crippen MR) is 61.3 cm³/mol. The second kappa shape index (κ2) is 4.81. The first-order valence-corrected chi connectivity index (χ1v) is 5.47. The number of amides is 1. The van der Waals surface area contributed by atoms with Gasteiger partial charge in [0.15, 0.2) is 0 Å². The van der Waals surface area contributed by atoms with Crippen LogP contribution in [0.4, 0.5) is 18.9 Å². The average Bonchev–Trinajstić information content (AvgIpc) is 2.48. The average molecular weight is 270 g/mol. The number of fused-ring (bicyclic) bond motifs is 1. The van der Waals surface area contributed by atoms with Gasteiger partial charge >= 0.3 is 6.18 Å². The Morgan fingerprint density at radius 1 is 1.42 bits per heavy atom. The fraction of sp³-hybridized carbons (Fsp3) is 0.364. The van der Waals surface area contributed by atoms with E-state index in [1.165, 1.54) is 6.07 Å². The first kappa shape index (κ1) is 13.2. The number of nitrogens with zero attached hydrogens (tertiary/aromatic N) is 3. The second-order valence-corrected chi connectivity index (χ2v) is 4.12. The van der Waals surface area contributed by atoms with Crippen molar-refractivity contribution in [2.24, 2.45) is 5.11 Å². The number of rotatable bonds is 1. The summed E-state index contributed by atoms with van der Waals surface area (Å²) in [6.45, 7) is 0. The van der Waals surface area contributed by atoms with Crippen LogP contribution in [0.5, 0.6) is 0 Å². The second-order valence-electron chi connectivity index (χ2n) is 4.12. The Balaban J connectivity index is 2.35. The highest BCUT2D eigenvalue weighted by Crippen LogP contribution is 2.33. The van der Waals surface area contributed by atoms with Gasteiger partial charge in [-0.2, -0.15) is 13.2 Å². The molecule has 1 unspecified atom stereocenters. The third kappa shape index (κ3) is 2.79. The Morgan fingerprint density at radius 3 is 2.79 bits per heavy atom. The highest BCUT2D eigenvalue weighted by molar-refractivity contribution is 5.96. The summed E-state index contributed by atoms with van der Waals surface area (Å²) < 4.78 is 37.7. The van der Waals surface area contributed by atoms with Crippen molar-refractivity contribution in [1.82, 2.24) is 0 Å². The highest BCUT2D eigenvalue weighted by atomic mass is 19.4. The molecule has 1 heterocycles. The molecule has 8 heteroatoms. The summed E-state index contributed by atoms with van der Waals surface area (Å²) in [5.41, 5.74) is 8.28. The molecule has 0 bridgehead atoms. The maximum Gasteiger partial charge on any atom is 0.416 e. The van der Waals surface area contributed by atoms with Crippen molar-refractivity contribution < 1.29 is 18.0 Å². The number of alkyl halides is 3. The molecule has 1 aromatic rings. The smallest absolute Gasteiger partial charge is 0.325 e. The van der Waals surface area contributed by atoms with E-state index >= 15 is 0 Å². The van der Waals surface area contributed by atoms with E-state index in [1.54, 1.807) is 0 Å². The maximum absolute atomic E-state index is 12.6. The number of nitrogens with one attached hydrogen (secondary N) is 1. The Labute approximate surface area is 106 Å². The molecule has 1 aliphatic heterocycles. The van der Waals surface area contributed by atoms with E-state index in [1.807, 2.05) is 0 Å². The van der Waals surface area contributed by atoms with Crippen LogP contribution in [-0.4, -0.2) is 11.9 Å². The summed E-state index contributed by atoms with van der Waals surface area (Å²) in [7, 11) is 0. The van der Waals surface area contributed by atoms with Crippen molar-refractivity contribution in [3.63, 3.8) is 0 Å². The normalized spacial score (nSPS) is 18.9. The Bertz CT molecular complexity index is 564. The van der Waals surface area contributed by atoms with Crippen LogP contribution in [-0.2, 0) is 17.4 Å². The van der Waals surface area contributed by atoms with Gasteiger partial charge in [0, 0.05) is 10.6 Å². The fourth-order valence-corrected chi connectivity index (χ4v) is 1.91. The first-order valence-electron chi connectivity index (χ1n) is 5.47. The number of carbonyl (C=O) groups excluding carboxylic acids is 1. The Kier molecular flexibility index (Phi) is 3.35. The van der Waals surface area contributed by atoms with E-state index < -0.39 is 23.7 Å². The van der Waals surface area contributed by atoms with Crippen molar-refractivity contribution >= 4 is 11.6 Å². The summed E-state index contributed by atoms with van der Waals surface area (Å²) in [5, 5.41) is 5.79. The summed E-state index contributed by atoms with van der Waals surface area (Å²) in [5.74, 6) is -0.503. The van der Waals surface area contributed by atoms with Gasteiger partial charge in [-0.3, -0.25) is 4.79 Å². The number of benzene rings is 1. The van der Waals surface area contributed by atoms with Crippen LogP contribution in [0.15, 0.2) is 23.3 Å².